The number of nitro groups is 1. The van der Waals surface area contributed by atoms with E-state index in [1.54, 1.807) is 31.2 Å². The van der Waals surface area contributed by atoms with Crippen LogP contribution in [0.25, 0.3) is 11.1 Å². The van der Waals surface area contributed by atoms with Crippen LogP contribution in [0.1, 0.15) is 39.4 Å². The third-order valence-electron chi connectivity index (χ3n) is 5.71. The lowest BCUT2D eigenvalue weighted by atomic mass is 10.0. The van der Waals surface area contributed by atoms with E-state index in [0.29, 0.717) is 16.8 Å². The van der Waals surface area contributed by atoms with Crippen molar-refractivity contribution < 1.29 is 37.2 Å². The van der Waals surface area contributed by atoms with Crippen molar-refractivity contribution in [2.75, 3.05) is 5.32 Å². The van der Waals surface area contributed by atoms with Crippen LogP contribution in [-0.4, -0.2) is 21.8 Å². The molecule has 1 unspecified atom stereocenters. The summed E-state index contributed by atoms with van der Waals surface area (Å²) in [6, 6.07) is 12.3. The molecular formula is C26H19F3N4O6. The first-order chi connectivity index (χ1) is 18.6. The van der Waals surface area contributed by atoms with Crippen molar-refractivity contribution in [3.05, 3.63) is 111 Å². The van der Waals surface area contributed by atoms with Crippen LogP contribution in [0.3, 0.4) is 0 Å². The Morgan fingerprint density at radius 1 is 0.949 bits per heavy atom. The van der Waals surface area contributed by atoms with E-state index in [4.69, 9.17) is 4.42 Å². The van der Waals surface area contributed by atoms with Gasteiger partial charge in [-0.1, -0.05) is 18.2 Å². The molecule has 3 aromatic carbocycles. The van der Waals surface area contributed by atoms with Crippen molar-refractivity contribution in [1.82, 2.24) is 10.9 Å². The zero-order chi connectivity index (χ0) is 28.3. The van der Waals surface area contributed by atoms with Gasteiger partial charge in [0, 0.05) is 28.4 Å². The van der Waals surface area contributed by atoms with E-state index < -0.39 is 51.7 Å². The van der Waals surface area contributed by atoms with Crippen LogP contribution in [0.5, 0.6) is 5.75 Å². The normalized spacial score (nSPS) is 11.5. The Balaban J connectivity index is 1.43. The van der Waals surface area contributed by atoms with E-state index >= 15 is 0 Å². The van der Waals surface area contributed by atoms with Crippen LogP contribution in [0.4, 0.5) is 24.5 Å². The number of phenolic OH excluding ortho intramolecular Hbond substituents is 1. The summed E-state index contributed by atoms with van der Waals surface area (Å²) >= 11 is 0. The van der Waals surface area contributed by atoms with E-state index in [0.717, 1.165) is 30.3 Å². The van der Waals surface area contributed by atoms with Crippen molar-refractivity contribution >= 4 is 23.2 Å². The summed E-state index contributed by atoms with van der Waals surface area (Å²) in [6.07, 6.45) is 1.26. The molecule has 0 aliphatic carbocycles. The molecule has 4 aromatic rings. The Morgan fingerprint density at radius 3 is 2.33 bits per heavy atom. The molecule has 1 atom stereocenters. The van der Waals surface area contributed by atoms with Crippen LogP contribution in [0, 0.1) is 27.6 Å². The molecular weight excluding hydrogens is 521 g/mol. The molecule has 0 aliphatic heterocycles. The van der Waals surface area contributed by atoms with Crippen molar-refractivity contribution in [2.45, 2.75) is 13.0 Å². The molecule has 0 saturated heterocycles. The number of hydrogen-bond acceptors (Lipinski definition) is 7. The summed E-state index contributed by atoms with van der Waals surface area (Å²) in [5, 5.41) is 23.4. The molecule has 0 spiro atoms. The Bertz CT molecular complexity index is 1570. The molecule has 4 N–H and O–H groups in total. The number of amides is 2. The third kappa shape index (κ3) is 5.66. The van der Waals surface area contributed by atoms with Gasteiger partial charge in [-0.2, -0.15) is 0 Å². The zero-order valence-electron chi connectivity index (χ0n) is 20.0. The molecule has 0 bridgehead atoms. The van der Waals surface area contributed by atoms with Gasteiger partial charge in [0.25, 0.3) is 5.91 Å². The lowest BCUT2D eigenvalue weighted by Gasteiger charge is -2.17. The monoisotopic (exact) mass is 540 g/mol. The van der Waals surface area contributed by atoms with E-state index in [-0.39, 0.29) is 16.9 Å². The zero-order valence-corrected chi connectivity index (χ0v) is 20.0. The molecule has 4 rings (SSSR count). The van der Waals surface area contributed by atoms with Gasteiger partial charge in [0.2, 0.25) is 5.76 Å². The van der Waals surface area contributed by atoms with Crippen molar-refractivity contribution in [2.24, 2.45) is 0 Å². The van der Waals surface area contributed by atoms with Crippen LogP contribution < -0.4 is 16.2 Å². The molecule has 0 fully saturated rings. The first-order valence-electron chi connectivity index (χ1n) is 11.2. The summed E-state index contributed by atoms with van der Waals surface area (Å²) in [4.78, 5) is 35.1. The summed E-state index contributed by atoms with van der Waals surface area (Å²) in [7, 11) is 0. The Kier molecular flexibility index (Phi) is 7.51. The molecule has 200 valence electrons. The first-order valence-corrected chi connectivity index (χ1v) is 11.2. The number of aromatic hydroxyl groups is 1. The largest absolute Gasteiger partial charge is 0.502 e. The summed E-state index contributed by atoms with van der Waals surface area (Å²) in [5.41, 5.74) is 4.80. The summed E-state index contributed by atoms with van der Waals surface area (Å²) in [5.74, 6) is -6.57. The van der Waals surface area contributed by atoms with E-state index in [1.807, 2.05) is 0 Å². The number of carbonyl (C=O) groups is 2. The molecule has 1 heterocycles. The van der Waals surface area contributed by atoms with Crippen LogP contribution in [-0.2, 0) is 0 Å². The second kappa shape index (κ2) is 11.0. The van der Waals surface area contributed by atoms with Gasteiger partial charge in [0.15, 0.2) is 23.2 Å². The highest BCUT2D eigenvalue weighted by Gasteiger charge is 2.21. The number of nitrogens with zero attached hydrogens (tertiary/aromatic N) is 1. The average molecular weight is 540 g/mol. The maximum absolute atomic E-state index is 14.1. The van der Waals surface area contributed by atoms with Gasteiger partial charge in [-0.25, -0.2) is 13.2 Å². The number of rotatable bonds is 7. The molecule has 39 heavy (non-hydrogen) atoms. The minimum Gasteiger partial charge on any atom is -0.502 e. The second-order valence-electron chi connectivity index (χ2n) is 8.24. The fraction of sp³-hybridized carbons (Fsp3) is 0.0769. The minimum absolute atomic E-state index is 0.0595. The fourth-order valence-electron chi connectivity index (χ4n) is 3.71. The van der Waals surface area contributed by atoms with Gasteiger partial charge in [0.05, 0.1) is 17.2 Å². The predicted octanol–water partition coefficient (Wildman–Crippen LogP) is 5.23. The maximum atomic E-state index is 14.1. The quantitative estimate of drug-likeness (QED) is 0.143. The lowest BCUT2D eigenvalue weighted by molar-refractivity contribution is -0.385. The molecule has 10 nitrogen and oxygen atoms in total. The predicted molar refractivity (Wildman–Crippen MR) is 132 cm³/mol. The number of benzene rings is 3. The van der Waals surface area contributed by atoms with E-state index in [2.05, 4.69) is 16.2 Å². The number of anilines is 1. The number of hydrogen-bond donors (Lipinski definition) is 4. The SMILES string of the molecule is CC(Nc1ccc(-c2ccoc2C(=O)NNC(=O)c2ccc(O)c([N+](=O)[O-])c2)cc1)c1ccc(F)c(F)c1F. The van der Waals surface area contributed by atoms with Crippen molar-refractivity contribution in [3.8, 4) is 16.9 Å². The highest BCUT2D eigenvalue weighted by atomic mass is 19.2. The van der Waals surface area contributed by atoms with Crippen LogP contribution in [0.2, 0.25) is 0 Å². The Morgan fingerprint density at radius 2 is 1.64 bits per heavy atom. The number of carbonyl (C=O) groups excluding carboxylic acids is 2. The van der Waals surface area contributed by atoms with Crippen molar-refractivity contribution in [1.29, 1.82) is 0 Å². The fourth-order valence-corrected chi connectivity index (χ4v) is 3.71. The van der Waals surface area contributed by atoms with E-state index in [9.17, 15) is 38.0 Å². The Hall–Kier alpha value is -5.33. The lowest BCUT2D eigenvalue weighted by Crippen LogP contribution is -2.41. The van der Waals surface area contributed by atoms with Crippen LogP contribution >= 0.6 is 0 Å². The standard InChI is InChI=1S/C26H19F3N4O6/c1-13(17-7-8-19(27)23(29)22(17)28)30-16-5-2-14(3-6-16)18-10-11-39-24(18)26(36)32-31-25(35)15-4-9-21(34)20(12-15)33(37)38/h2-13,30,34H,1H3,(H,31,35)(H,32,36). The molecule has 0 saturated carbocycles. The summed E-state index contributed by atoms with van der Waals surface area (Å²) in [6.45, 7) is 1.58. The highest BCUT2D eigenvalue weighted by Crippen LogP contribution is 2.29. The van der Waals surface area contributed by atoms with Gasteiger partial charge in [-0.15, -0.1) is 0 Å². The number of halogens is 3. The molecule has 2 amide bonds. The maximum Gasteiger partial charge on any atom is 0.311 e. The van der Waals surface area contributed by atoms with Gasteiger partial charge in [-0.05, 0) is 48.9 Å². The topological polar surface area (TPSA) is 147 Å². The number of phenols is 1. The summed E-state index contributed by atoms with van der Waals surface area (Å²) < 4.78 is 46.1. The first kappa shape index (κ1) is 26.7. The van der Waals surface area contributed by atoms with Gasteiger partial charge >= 0.3 is 11.6 Å². The second-order valence-corrected chi connectivity index (χ2v) is 8.24. The molecule has 0 radical (unpaired) electrons. The smallest absolute Gasteiger partial charge is 0.311 e. The highest BCUT2D eigenvalue weighted by molar-refractivity contribution is 6.01. The Labute approximate surface area is 218 Å². The molecule has 13 heteroatoms. The van der Waals surface area contributed by atoms with Gasteiger partial charge in [0.1, 0.15) is 0 Å². The number of hydrazine groups is 1. The number of nitrogens with one attached hydrogen (secondary N) is 3. The average Bonchev–Trinajstić information content (AvgIpc) is 3.41. The van der Waals surface area contributed by atoms with Gasteiger partial charge < -0.3 is 14.8 Å². The number of nitro benzene ring substituents is 1. The molecule has 0 aliphatic rings. The minimum atomic E-state index is -1.55. The van der Waals surface area contributed by atoms with Gasteiger partial charge in [-0.3, -0.25) is 30.6 Å². The van der Waals surface area contributed by atoms with Crippen molar-refractivity contribution in [3.63, 3.8) is 0 Å². The van der Waals surface area contributed by atoms with E-state index in [1.165, 1.54) is 12.3 Å². The molecule has 1 aromatic heterocycles. The van der Waals surface area contributed by atoms with Crippen LogP contribution in [0.15, 0.2) is 71.3 Å². The third-order valence-corrected chi connectivity index (χ3v) is 5.71. The number of furan rings is 1.